The van der Waals surface area contributed by atoms with Crippen molar-refractivity contribution in [3.8, 4) is 11.3 Å². The summed E-state index contributed by atoms with van der Waals surface area (Å²) in [6, 6.07) is 11.7. The molecule has 1 aromatic heterocycles. The highest BCUT2D eigenvalue weighted by atomic mass is 16.5. The number of carbonyl (C=O) groups is 2. The van der Waals surface area contributed by atoms with E-state index in [-0.39, 0.29) is 24.5 Å². The molecule has 1 aromatic carbocycles. The smallest absolute Gasteiger partial charge is 0.240 e. The summed E-state index contributed by atoms with van der Waals surface area (Å²) in [5, 5.41) is 7.47. The molecule has 0 spiro atoms. The van der Waals surface area contributed by atoms with Gasteiger partial charge in [0.05, 0.1) is 18.3 Å². The molecule has 3 heterocycles. The molecule has 1 N–H and O–H groups in total. The predicted octanol–water partition coefficient (Wildman–Crippen LogP) is 1.58. The van der Waals surface area contributed by atoms with Crippen molar-refractivity contribution in [2.45, 2.75) is 31.9 Å². The van der Waals surface area contributed by atoms with Crippen LogP contribution in [0, 0.1) is 0 Å². The summed E-state index contributed by atoms with van der Waals surface area (Å²) in [5.74, 6) is 0.446. The minimum absolute atomic E-state index is 0.00543. The van der Waals surface area contributed by atoms with E-state index in [0.717, 1.165) is 30.7 Å². The third-order valence-corrected chi connectivity index (χ3v) is 4.80. The average molecular weight is 354 g/mol. The Hall–Kier alpha value is -2.67. The lowest BCUT2D eigenvalue weighted by atomic mass is 10.1. The summed E-state index contributed by atoms with van der Waals surface area (Å²) < 4.78 is 7.32. The average Bonchev–Trinajstić information content (AvgIpc) is 3.33. The summed E-state index contributed by atoms with van der Waals surface area (Å²) in [6.45, 7) is 1.79. The van der Waals surface area contributed by atoms with Crippen molar-refractivity contribution in [1.82, 2.24) is 15.1 Å². The Labute approximate surface area is 151 Å². The molecular formula is C19H22N4O3. The lowest BCUT2D eigenvalue weighted by Gasteiger charge is -2.27. The van der Waals surface area contributed by atoms with Crippen LogP contribution in [0.25, 0.3) is 11.3 Å². The summed E-state index contributed by atoms with van der Waals surface area (Å²) in [5.41, 5.74) is 1.80. The molecule has 4 rings (SSSR count). The second kappa shape index (κ2) is 7.29. The largest absolute Gasteiger partial charge is 0.376 e. The van der Waals surface area contributed by atoms with Gasteiger partial charge in [-0.25, -0.2) is 4.68 Å². The Morgan fingerprint density at radius 1 is 1.31 bits per heavy atom. The number of fused-ring (bicyclic) bond motifs is 1. The van der Waals surface area contributed by atoms with Gasteiger partial charge in [0.1, 0.15) is 12.4 Å². The highest BCUT2D eigenvalue weighted by molar-refractivity contribution is 5.99. The number of hydrogen-bond donors (Lipinski definition) is 1. The van der Waals surface area contributed by atoms with E-state index >= 15 is 0 Å². The highest BCUT2D eigenvalue weighted by Crippen LogP contribution is 2.27. The van der Waals surface area contributed by atoms with Crippen molar-refractivity contribution < 1.29 is 14.3 Å². The third-order valence-electron chi connectivity index (χ3n) is 4.80. The molecule has 2 aromatic rings. The molecule has 26 heavy (non-hydrogen) atoms. The number of nitrogens with one attached hydrogen (secondary N) is 1. The summed E-state index contributed by atoms with van der Waals surface area (Å²) in [7, 11) is 0. The van der Waals surface area contributed by atoms with Crippen molar-refractivity contribution in [2.75, 3.05) is 24.6 Å². The lowest BCUT2D eigenvalue weighted by molar-refractivity contribution is -0.124. The zero-order chi connectivity index (χ0) is 17.9. The van der Waals surface area contributed by atoms with Crippen LogP contribution >= 0.6 is 0 Å². The SMILES string of the molecule is O=C(CN1C(=O)CCn2nc(-c3ccccc3)cc21)NCC1CCCO1. The van der Waals surface area contributed by atoms with Crippen LogP contribution in [0.15, 0.2) is 36.4 Å². The fourth-order valence-electron chi connectivity index (χ4n) is 3.40. The number of benzene rings is 1. The number of aromatic nitrogens is 2. The third kappa shape index (κ3) is 3.48. The van der Waals surface area contributed by atoms with Crippen LogP contribution in [-0.2, 0) is 20.9 Å². The second-order valence-corrected chi connectivity index (χ2v) is 6.65. The number of hydrogen-bond acceptors (Lipinski definition) is 4. The van der Waals surface area contributed by atoms with Crippen molar-refractivity contribution in [3.63, 3.8) is 0 Å². The first kappa shape index (κ1) is 16.8. The minimum Gasteiger partial charge on any atom is -0.376 e. The van der Waals surface area contributed by atoms with Gasteiger partial charge in [0, 0.05) is 31.2 Å². The van der Waals surface area contributed by atoms with Crippen molar-refractivity contribution in [2.24, 2.45) is 0 Å². The van der Waals surface area contributed by atoms with Gasteiger partial charge in [-0.3, -0.25) is 14.5 Å². The maximum absolute atomic E-state index is 12.4. The number of amides is 2. The lowest BCUT2D eigenvalue weighted by Crippen LogP contribution is -2.45. The van der Waals surface area contributed by atoms with E-state index < -0.39 is 0 Å². The van der Waals surface area contributed by atoms with Crippen LogP contribution in [0.4, 0.5) is 5.82 Å². The second-order valence-electron chi connectivity index (χ2n) is 6.65. The number of nitrogens with zero attached hydrogens (tertiary/aromatic N) is 3. The Morgan fingerprint density at radius 3 is 2.92 bits per heavy atom. The maximum atomic E-state index is 12.4. The van der Waals surface area contributed by atoms with Gasteiger partial charge < -0.3 is 10.1 Å². The van der Waals surface area contributed by atoms with Crippen LogP contribution in [0.1, 0.15) is 19.3 Å². The normalized spacial score (nSPS) is 19.5. The predicted molar refractivity (Wildman–Crippen MR) is 96.6 cm³/mol. The van der Waals surface area contributed by atoms with Gasteiger partial charge in [0.15, 0.2) is 0 Å². The van der Waals surface area contributed by atoms with E-state index in [9.17, 15) is 9.59 Å². The van der Waals surface area contributed by atoms with Crippen LogP contribution in [0.3, 0.4) is 0 Å². The Balaban J connectivity index is 1.47. The number of ether oxygens (including phenoxy) is 1. The van der Waals surface area contributed by atoms with Crippen LogP contribution in [0.5, 0.6) is 0 Å². The van der Waals surface area contributed by atoms with Crippen LogP contribution in [-0.4, -0.2) is 47.4 Å². The van der Waals surface area contributed by atoms with E-state index in [1.165, 1.54) is 4.90 Å². The van der Waals surface area contributed by atoms with Gasteiger partial charge in [-0.05, 0) is 12.8 Å². The molecule has 0 bridgehead atoms. The summed E-state index contributed by atoms with van der Waals surface area (Å²) in [6.07, 6.45) is 2.44. The molecule has 1 atom stereocenters. The molecule has 7 heteroatoms. The first-order valence-corrected chi connectivity index (χ1v) is 9.02. The van der Waals surface area contributed by atoms with Crippen molar-refractivity contribution >= 4 is 17.6 Å². The fraction of sp³-hybridized carbons (Fsp3) is 0.421. The standard InChI is InChI=1S/C19H22N4O3/c24-17(20-12-15-7-4-10-26-15)13-22-18-11-16(14-5-2-1-3-6-14)21-23(18)9-8-19(22)25/h1-3,5-6,11,15H,4,7-10,12-13H2,(H,20,24). The number of aryl methyl sites for hydroxylation is 1. The molecule has 136 valence electrons. The minimum atomic E-state index is -0.176. The molecular weight excluding hydrogens is 332 g/mol. The van der Waals surface area contributed by atoms with Gasteiger partial charge in [0.25, 0.3) is 0 Å². The zero-order valence-electron chi connectivity index (χ0n) is 14.6. The first-order valence-electron chi connectivity index (χ1n) is 9.02. The Morgan fingerprint density at radius 2 is 2.15 bits per heavy atom. The van der Waals surface area contributed by atoms with Crippen LogP contribution < -0.4 is 10.2 Å². The first-order chi connectivity index (χ1) is 12.7. The highest BCUT2D eigenvalue weighted by Gasteiger charge is 2.28. The maximum Gasteiger partial charge on any atom is 0.240 e. The number of carbonyl (C=O) groups excluding carboxylic acids is 2. The van der Waals surface area contributed by atoms with E-state index in [0.29, 0.717) is 25.3 Å². The van der Waals surface area contributed by atoms with Crippen LogP contribution in [0.2, 0.25) is 0 Å². The molecule has 0 radical (unpaired) electrons. The molecule has 7 nitrogen and oxygen atoms in total. The van der Waals surface area contributed by atoms with Crippen molar-refractivity contribution in [1.29, 1.82) is 0 Å². The summed E-state index contributed by atoms with van der Waals surface area (Å²) >= 11 is 0. The summed E-state index contributed by atoms with van der Waals surface area (Å²) in [4.78, 5) is 26.2. The quantitative estimate of drug-likeness (QED) is 0.884. The molecule has 1 unspecified atom stereocenters. The monoisotopic (exact) mass is 354 g/mol. The van der Waals surface area contributed by atoms with Gasteiger partial charge in [-0.15, -0.1) is 0 Å². The van der Waals surface area contributed by atoms with E-state index in [4.69, 9.17) is 4.74 Å². The Kier molecular flexibility index (Phi) is 4.71. The molecule has 2 aliphatic rings. The Bertz CT molecular complexity index is 796. The number of rotatable bonds is 5. The fourth-order valence-corrected chi connectivity index (χ4v) is 3.40. The zero-order valence-corrected chi connectivity index (χ0v) is 14.6. The topological polar surface area (TPSA) is 76.5 Å². The molecule has 0 saturated carbocycles. The van der Waals surface area contributed by atoms with Gasteiger partial charge in [-0.1, -0.05) is 30.3 Å². The van der Waals surface area contributed by atoms with Crippen molar-refractivity contribution in [3.05, 3.63) is 36.4 Å². The van der Waals surface area contributed by atoms with Gasteiger partial charge in [0.2, 0.25) is 11.8 Å². The number of anilines is 1. The molecule has 0 aliphatic carbocycles. The van der Waals surface area contributed by atoms with E-state index in [1.807, 2.05) is 36.4 Å². The van der Waals surface area contributed by atoms with E-state index in [1.54, 1.807) is 4.68 Å². The molecule has 2 amide bonds. The molecule has 1 saturated heterocycles. The van der Waals surface area contributed by atoms with Gasteiger partial charge >= 0.3 is 0 Å². The van der Waals surface area contributed by atoms with Gasteiger partial charge in [-0.2, -0.15) is 5.10 Å². The molecule has 2 aliphatic heterocycles. The molecule has 1 fully saturated rings. The van der Waals surface area contributed by atoms with E-state index in [2.05, 4.69) is 10.4 Å².